The quantitative estimate of drug-likeness (QED) is 0.129. The number of methoxy groups -OCH3 is 1. The first kappa shape index (κ1) is 29.1. The zero-order valence-electron chi connectivity index (χ0n) is 34.0. The van der Waals surface area contributed by atoms with E-state index in [-0.39, 0.29) is 22.2 Å². The van der Waals surface area contributed by atoms with Gasteiger partial charge < -0.3 is 4.74 Å². The fourth-order valence-electron chi connectivity index (χ4n) is 20.4. The monoisotopic (exact) mass is 768 g/mol. The number of hydrogen-bond donors (Lipinski definition) is 0. The van der Waals surface area contributed by atoms with Crippen LogP contribution in [0.2, 0.25) is 0 Å². The normalized spacial score (nSPS) is 32.1. The van der Waals surface area contributed by atoms with Crippen LogP contribution in [-0.4, -0.2) is 13.1 Å². The van der Waals surface area contributed by atoms with Gasteiger partial charge in [0.25, 0.3) is 0 Å². The van der Waals surface area contributed by atoms with Crippen molar-refractivity contribution in [1.82, 2.24) is 0 Å². The molecule has 4 unspecified atom stereocenters. The molecule has 13 aliphatic carbocycles. The number of benzene rings is 5. The highest BCUT2D eigenvalue weighted by molar-refractivity contribution is 6.48. The van der Waals surface area contributed by atoms with Crippen molar-refractivity contribution < 1.29 is 9.53 Å². The minimum atomic E-state index is -0.180. The maximum atomic E-state index is 13.2. The summed E-state index contributed by atoms with van der Waals surface area (Å²) in [4.78, 5) is 13.2. The van der Waals surface area contributed by atoms with Crippen molar-refractivity contribution in [2.75, 3.05) is 7.11 Å². The molecule has 0 N–H and O–H groups in total. The maximum absolute atomic E-state index is 13.2. The number of esters is 1. The Hall–Kier alpha value is -5.21. The van der Waals surface area contributed by atoms with Crippen molar-refractivity contribution in [3.63, 3.8) is 0 Å². The van der Waals surface area contributed by atoms with Crippen LogP contribution in [0, 0.1) is 0 Å². The minimum absolute atomic E-state index is 0.0556. The van der Waals surface area contributed by atoms with Crippen LogP contribution >= 0.6 is 0 Å². The van der Waals surface area contributed by atoms with Gasteiger partial charge in [-0.2, -0.15) is 0 Å². The number of carbonyl (C=O) groups excluding carboxylic acids is 1. The van der Waals surface area contributed by atoms with Gasteiger partial charge in [-0.15, -0.1) is 0 Å². The van der Waals surface area contributed by atoms with Gasteiger partial charge in [0.1, 0.15) is 0 Å². The smallest absolute Gasteiger partial charge is 0.305 e. The van der Waals surface area contributed by atoms with Gasteiger partial charge in [0, 0.05) is 22.7 Å². The van der Waals surface area contributed by atoms with E-state index in [1.54, 1.807) is 138 Å². The summed E-state index contributed by atoms with van der Waals surface area (Å²) in [5, 5.41) is 20.7. The standard InChI is InChI=1S/C58H40O2/c1-60-33(59)8-5-17-56(28-6-3-2-4-7-28)57-52-31-15-11-24-20-26-18-22-9-13-29-30-14-10-23-19-27-21-25-12-16-32(31)53-39(25)49-37(27)43-35(23)41(30)45-44-40(29)34(22)42-36(26)48(38(24)52)54(57)50(46(42)44)51(47(43)45)55(49)58(53,56)57/h2-4,6-7,26-27H,5,8-21H2,1H3. The summed E-state index contributed by atoms with van der Waals surface area (Å²) >= 11 is 0. The van der Waals surface area contributed by atoms with Crippen molar-refractivity contribution in [3.05, 3.63) is 124 Å². The number of hydrogen-bond acceptors (Lipinski definition) is 2. The summed E-state index contributed by atoms with van der Waals surface area (Å²) < 4.78 is 5.43. The van der Waals surface area contributed by atoms with Crippen LogP contribution in [0.25, 0.3) is 76.2 Å². The minimum Gasteiger partial charge on any atom is -0.469 e. The summed E-state index contributed by atoms with van der Waals surface area (Å²) in [6.07, 6.45) is 17.3. The first-order valence-corrected chi connectivity index (χ1v) is 23.9. The van der Waals surface area contributed by atoms with E-state index in [2.05, 4.69) is 30.3 Å². The number of fused-ring (bicyclic) bond motifs is 2. The second kappa shape index (κ2) is 8.13. The molecule has 0 bridgehead atoms. The topological polar surface area (TPSA) is 26.3 Å². The Bertz CT molecular complexity index is 3690. The van der Waals surface area contributed by atoms with E-state index in [4.69, 9.17) is 4.74 Å². The van der Waals surface area contributed by atoms with Gasteiger partial charge in [-0.05, 0) is 250 Å². The summed E-state index contributed by atoms with van der Waals surface area (Å²) in [7, 11) is 1.59. The van der Waals surface area contributed by atoms with E-state index in [0.29, 0.717) is 18.3 Å². The third-order valence-electron chi connectivity index (χ3n) is 21.1. The van der Waals surface area contributed by atoms with E-state index in [1.165, 1.54) is 82.6 Å². The third-order valence-corrected chi connectivity index (χ3v) is 21.1. The average Bonchev–Trinajstić information content (AvgIpc) is 3.76. The third kappa shape index (κ3) is 2.18. The zero-order valence-corrected chi connectivity index (χ0v) is 34.0. The summed E-state index contributed by atoms with van der Waals surface area (Å²) in [6.45, 7) is 0. The van der Waals surface area contributed by atoms with Crippen LogP contribution in [0.1, 0.15) is 145 Å². The van der Waals surface area contributed by atoms with Crippen molar-refractivity contribution in [2.24, 2.45) is 0 Å². The SMILES string of the molecule is COC(=O)CCCC1(c2ccccc2)C23C4=C5CCC6=C4c4c7c8c9c%10c(c%11c%12c%13c%14c%15c%16c(c%17c(c42)c8c%10c%12c%14%17)C13C1=C5CCC(=C1%16)CC%15CC=%13CC%11)CCC=9CC7C6. The molecule has 60 heavy (non-hydrogen) atoms. The highest BCUT2D eigenvalue weighted by atomic mass is 16.5. The summed E-state index contributed by atoms with van der Waals surface area (Å²) in [6, 6.07) is 12.1. The highest BCUT2D eigenvalue weighted by Crippen LogP contribution is 2.97. The molecule has 0 aromatic heterocycles. The lowest BCUT2D eigenvalue weighted by molar-refractivity contribution is -0.140. The number of rotatable bonds is 5. The largest absolute Gasteiger partial charge is 0.469 e. The van der Waals surface area contributed by atoms with Crippen LogP contribution in [0.3, 0.4) is 0 Å². The molecule has 284 valence electrons. The first-order chi connectivity index (χ1) is 29.7. The molecule has 0 aliphatic heterocycles. The van der Waals surface area contributed by atoms with Gasteiger partial charge in [0.05, 0.1) is 7.11 Å². The van der Waals surface area contributed by atoms with E-state index in [9.17, 15) is 4.79 Å². The Balaban J connectivity index is 1.16. The Labute approximate surface area is 346 Å². The molecule has 7 aromatic rings. The first-order valence-electron chi connectivity index (χ1n) is 23.9. The molecule has 0 heterocycles. The van der Waals surface area contributed by atoms with Crippen LogP contribution in [0.4, 0.5) is 0 Å². The van der Waals surface area contributed by atoms with Gasteiger partial charge in [0.2, 0.25) is 0 Å². The van der Waals surface area contributed by atoms with Crippen LogP contribution < -0.4 is 10.4 Å². The molecule has 20 rings (SSSR count). The second-order valence-electron chi connectivity index (χ2n) is 22.1. The van der Waals surface area contributed by atoms with E-state index >= 15 is 0 Å². The number of aryl methyl sites for hydroxylation is 2. The molecule has 7 aromatic carbocycles. The Morgan fingerprint density at radius 1 is 0.583 bits per heavy atom. The molecule has 4 atom stereocenters. The molecule has 0 saturated heterocycles. The molecular weight excluding hydrogens is 729 g/mol. The number of carbonyl (C=O) groups is 1. The maximum Gasteiger partial charge on any atom is 0.305 e. The van der Waals surface area contributed by atoms with Gasteiger partial charge in [-0.25, -0.2) is 0 Å². The Morgan fingerprint density at radius 2 is 1.08 bits per heavy atom. The molecule has 2 spiro atoms. The van der Waals surface area contributed by atoms with E-state index < -0.39 is 0 Å². The summed E-state index contributed by atoms with van der Waals surface area (Å²) in [5.74, 6) is 1.15. The van der Waals surface area contributed by atoms with Crippen LogP contribution in [-0.2, 0) is 38.6 Å². The Morgan fingerprint density at radius 3 is 1.62 bits per heavy atom. The van der Waals surface area contributed by atoms with E-state index in [1.807, 2.05) is 33.4 Å². The van der Waals surface area contributed by atoms with Gasteiger partial charge >= 0.3 is 5.97 Å². The molecule has 13 aliphatic rings. The fraction of sp³-hybridized carbons (Fsp3) is 0.362. The molecule has 0 radical (unpaired) electrons. The predicted octanol–water partition coefficient (Wildman–Crippen LogP) is 11.3. The second-order valence-corrected chi connectivity index (χ2v) is 22.1. The van der Waals surface area contributed by atoms with Crippen LogP contribution in [0.5, 0.6) is 0 Å². The van der Waals surface area contributed by atoms with Crippen LogP contribution in [0.15, 0.2) is 63.8 Å². The van der Waals surface area contributed by atoms with Gasteiger partial charge in [-0.1, -0.05) is 52.6 Å². The van der Waals surface area contributed by atoms with Gasteiger partial charge in [-0.3, -0.25) is 4.79 Å². The molecule has 2 heteroatoms. The Kier molecular flexibility index (Phi) is 3.94. The van der Waals surface area contributed by atoms with E-state index in [0.717, 1.165) is 12.8 Å². The predicted molar refractivity (Wildman–Crippen MR) is 238 cm³/mol. The lowest BCUT2D eigenvalue weighted by atomic mass is 9.62. The number of allylic oxidation sites excluding steroid dienone is 8. The van der Waals surface area contributed by atoms with Crippen molar-refractivity contribution in [3.8, 4) is 0 Å². The molecule has 2 nitrogen and oxygen atoms in total. The van der Waals surface area contributed by atoms with Gasteiger partial charge in [0.15, 0.2) is 0 Å². The van der Waals surface area contributed by atoms with Crippen molar-refractivity contribution >= 4 is 82.1 Å². The van der Waals surface area contributed by atoms with Crippen molar-refractivity contribution in [1.29, 1.82) is 0 Å². The summed E-state index contributed by atoms with van der Waals surface area (Å²) in [5.41, 5.74) is 33.2. The lowest BCUT2D eigenvalue weighted by Crippen LogP contribution is -2.31. The average molecular weight is 769 g/mol. The van der Waals surface area contributed by atoms with Crippen molar-refractivity contribution in [2.45, 2.75) is 124 Å². The fourth-order valence-corrected chi connectivity index (χ4v) is 20.4. The molecular formula is C58H40O2. The molecule has 1 saturated carbocycles. The highest BCUT2D eigenvalue weighted by Gasteiger charge is 2.96. The molecule has 1 fully saturated rings. The molecule has 0 amide bonds. The zero-order chi connectivity index (χ0) is 38.0. The lowest BCUT2D eigenvalue weighted by Gasteiger charge is -2.41. The number of ether oxygens (including phenoxy) is 1.